The molecule has 0 bridgehead atoms. The quantitative estimate of drug-likeness (QED) is 0.354. The molecule has 158 valence electrons. The van der Waals surface area contributed by atoms with E-state index in [0.717, 1.165) is 17.8 Å². The number of alkyl halides is 6. The Morgan fingerprint density at radius 3 is 2.37 bits per heavy atom. The maximum Gasteiger partial charge on any atom is 0.416 e. The number of rotatable bonds is 4. The van der Waals surface area contributed by atoms with E-state index in [1.807, 2.05) is 0 Å². The molecule has 0 saturated carbocycles. The molecule has 0 spiro atoms. The van der Waals surface area contributed by atoms with Crippen molar-refractivity contribution in [2.45, 2.75) is 19.0 Å². The molecule has 1 saturated heterocycles. The number of nitrogens with one attached hydrogen (secondary N) is 1. The second kappa shape index (κ2) is 8.31. The predicted octanol–water partition coefficient (Wildman–Crippen LogP) is 5.79. The van der Waals surface area contributed by atoms with Crippen LogP contribution in [0.5, 0.6) is 5.75 Å². The number of thiocarbonyl (C=S) groups is 1. The molecular weight excluding hydrogens is 452 g/mol. The molecular formula is C19H11F6NO2S2. The van der Waals surface area contributed by atoms with Crippen molar-refractivity contribution >= 4 is 40.3 Å². The SMILES string of the molecule is O=C1NC(=S)SC1=Cc1cccc(OCc2ccc(C(F)(F)F)cc2C(F)(F)F)c1. The van der Waals surface area contributed by atoms with Gasteiger partial charge >= 0.3 is 12.4 Å². The zero-order valence-corrected chi connectivity index (χ0v) is 16.4. The third kappa shape index (κ3) is 5.33. The van der Waals surface area contributed by atoms with E-state index in [4.69, 9.17) is 17.0 Å². The van der Waals surface area contributed by atoms with Crippen molar-refractivity contribution in [2.75, 3.05) is 0 Å². The van der Waals surface area contributed by atoms with Crippen molar-refractivity contribution in [2.24, 2.45) is 0 Å². The number of carbonyl (C=O) groups excluding carboxylic acids is 1. The lowest BCUT2D eigenvalue weighted by Gasteiger charge is -2.16. The Hall–Kier alpha value is -2.53. The minimum absolute atomic E-state index is 0.0678. The predicted molar refractivity (Wildman–Crippen MR) is 104 cm³/mol. The summed E-state index contributed by atoms with van der Waals surface area (Å²) in [5.74, 6) is -0.181. The average Bonchev–Trinajstić information content (AvgIpc) is 2.95. The van der Waals surface area contributed by atoms with Crippen LogP contribution in [0.4, 0.5) is 26.3 Å². The summed E-state index contributed by atoms with van der Waals surface area (Å²) in [6.45, 7) is -0.591. The van der Waals surface area contributed by atoms with Gasteiger partial charge in [-0.1, -0.05) is 42.2 Å². The summed E-state index contributed by atoms with van der Waals surface area (Å²) in [7, 11) is 0. The fourth-order valence-corrected chi connectivity index (χ4v) is 3.61. The third-order valence-electron chi connectivity index (χ3n) is 3.93. The van der Waals surface area contributed by atoms with E-state index < -0.39 is 35.6 Å². The summed E-state index contributed by atoms with van der Waals surface area (Å²) in [6, 6.07) is 7.57. The van der Waals surface area contributed by atoms with E-state index in [-0.39, 0.29) is 17.7 Å². The first-order valence-electron chi connectivity index (χ1n) is 8.18. The van der Waals surface area contributed by atoms with Crippen LogP contribution in [0.1, 0.15) is 22.3 Å². The van der Waals surface area contributed by atoms with Gasteiger partial charge in [0.1, 0.15) is 16.7 Å². The highest BCUT2D eigenvalue weighted by Gasteiger charge is 2.38. The number of carbonyl (C=O) groups is 1. The van der Waals surface area contributed by atoms with Crippen molar-refractivity contribution in [3.63, 3.8) is 0 Å². The molecule has 1 aliphatic rings. The van der Waals surface area contributed by atoms with Crippen molar-refractivity contribution in [1.29, 1.82) is 0 Å². The fraction of sp³-hybridized carbons (Fsp3) is 0.158. The van der Waals surface area contributed by atoms with Gasteiger partial charge < -0.3 is 10.1 Å². The minimum Gasteiger partial charge on any atom is -0.489 e. The van der Waals surface area contributed by atoms with E-state index in [0.29, 0.717) is 20.9 Å². The van der Waals surface area contributed by atoms with Gasteiger partial charge in [0.2, 0.25) is 0 Å². The summed E-state index contributed by atoms with van der Waals surface area (Å²) in [5, 5.41) is 2.45. The molecule has 1 amide bonds. The molecule has 30 heavy (non-hydrogen) atoms. The molecule has 0 aliphatic carbocycles. The van der Waals surface area contributed by atoms with E-state index in [1.165, 1.54) is 18.2 Å². The second-order valence-corrected chi connectivity index (χ2v) is 7.80. The normalized spacial score (nSPS) is 16.1. The maximum absolute atomic E-state index is 13.2. The number of halogens is 6. The Kier molecular flexibility index (Phi) is 6.14. The minimum atomic E-state index is -4.97. The van der Waals surface area contributed by atoms with Gasteiger partial charge in [-0.2, -0.15) is 26.3 Å². The molecule has 0 radical (unpaired) electrons. The Morgan fingerprint density at radius 1 is 1.03 bits per heavy atom. The Labute approximate surface area is 176 Å². The van der Waals surface area contributed by atoms with Crippen LogP contribution in [0.15, 0.2) is 47.4 Å². The smallest absolute Gasteiger partial charge is 0.416 e. The molecule has 1 heterocycles. The zero-order chi connectivity index (χ0) is 22.1. The van der Waals surface area contributed by atoms with Gasteiger partial charge in [-0.15, -0.1) is 0 Å². The molecule has 2 aromatic carbocycles. The van der Waals surface area contributed by atoms with Gasteiger partial charge in [-0.3, -0.25) is 4.79 Å². The zero-order valence-electron chi connectivity index (χ0n) is 14.7. The Bertz CT molecular complexity index is 1030. The lowest BCUT2D eigenvalue weighted by molar-refractivity contribution is -0.143. The maximum atomic E-state index is 13.2. The van der Waals surface area contributed by atoms with Gasteiger partial charge in [0.25, 0.3) is 5.91 Å². The van der Waals surface area contributed by atoms with Crippen molar-refractivity contribution in [1.82, 2.24) is 5.32 Å². The first-order valence-corrected chi connectivity index (χ1v) is 9.41. The summed E-state index contributed by atoms with van der Waals surface area (Å²) in [6.07, 6.45) is -8.34. The average molecular weight is 463 g/mol. The van der Waals surface area contributed by atoms with Crippen LogP contribution in [-0.2, 0) is 23.8 Å². The molecule has 0 aromatic heterocycles. The number of thioether (sulfide) groups is 1. The summed E-state index contributed by atoms with van der Waals surface area (Å²) < 4.78 is 83.6. The highest BCUT2D eigenvalue weighted by Crippen LogP contribution is 2.37. The van der Waals surface area contributed by atoms with Crippen molar-refractivity contribution in [3.05, 3.63) is 69.6 Å². The third-order valence-corrected chi connectivity index (χ3v) is 5.10. The van der Waals surface area contributed by atoms with Gasteiger partial charge in [0.05, 0.1) is 16.0 Å². The number of ether oxygens (including phenoxy) is 1. The Balaban J connectivity index is 1.81. The van der Waals surface area contributed by atoms with Gasteiger partial charge in [0.15, 0.2) is 0 Å². The summed E-state index contributed by atoms with van der Waals surface area (Å²) in [4.78, 5) is 12.1. The lowest BCUT2D eigenvalue weighted by Crippen LogP contribution is -2.17. The van der Waals surface area contributed by atoms with Crippen LogP contribution < -0.4 is 10.1 Å². The van der Waals surface area contributed by atoms with E-state index >= 15 is 0 Å². The van der Waals surface area contributed by atoms with E-state index in [2.05, 4.69) is 5.32 Å². The molecule has 11 heteroatoms. The van der Waals surface area contributed by atoms with Crippen LogP contribution in [-0.4, -0.2) is 10.2 Å². The first kappa shape index (κ1) is 22.2. The van der Waals surface area contributed by atoms with Crippen LogP contribution >= 0.6 is 24.0 Å². The molecule has 3 rings (SSSR count). The van der Waals surface area contributed by atoms with E-state index in [1.54, 1.807) is 12.1 Å². The van der Waals surface area contributed by atoms with Crippen LogP contribution in [0, 0.1) is 0 Å². The molecule has 3 nitrogen and oxygen atoms in total. The molecule has 0 unspecified atom stereocenters. The first-order chi connectivity index (χ1) is 13.9. The number of hydrogen-bond acceptors (Lipinski definition) is 4. The van der Waals surface area contributed by atoms with Gasteiger partial charge in [0, 0.05) is 5.56 Å². The van der Waals surface area contributed by atoms with Gasteiger partial charge in [-0.25, -0.2) is 0 Å². The standard InChI is InChI=1S/C19H11F6NO2S2/c20-18(21,22)12-5-4-11(14(8-12)19(23,24)25)9-28-13-3-1-2-10(6-13)7-15-16(27)26-17(29)30-15/h1-8H,9H2,(H,26,27,29). The van der Waals surface area contributed by atoms with Gasteiger partial charge in [-0.05, 0) is 35.9 Å². The van der Waals surface area contributed by atoms with E-state index in [9.17, 15) is 31.1 Å². The topological polar surface area (TPSA) is 38.3 Å². The molecule has 1 fully saturated rings. The van der Waals surface area contributed by atoms with Crippen LogP contribution in [0.3, 0.4) is 0 Å². The second-order valence-electron chi connectivity index (χ2n) is 6.08. The molecule has 1 N–H and O–H groups in total. The monoisotopic (exact) mass is 463 g/mol. The molecule has 1 aliphatic heterocycles. The lowest BCUT2D eigenvalue weighted by atomic mass is 10.0. The molecule has 0 atom stereocenters. The Morgan fingerprint density at radius 2 is 1.77 bits per heavy atom. The van der Waals surface area contributed by atoms with Crippen LogP contribution in [0.2, 0.25) is 0 Å². The number of hydrogen-bond donors (Lipinski definition) is 1. The highest BCUT2D eigenvalue weighted by atomic mass is 32.2. The fourth-order valence-electron chi connectivity index (χ4n) is 2.57. The highest BCUT2D eigenvalue weighted by molar-refractivity contribution is 8.26. The molecule has 2 aromatic rings. The number of benzene rings is 2. The summed E-state index contributed by atoms with van der Waals surface area (Å²) in [5.41, 5.74) is -2.70. The van der Waals surface area contributed by atoms with Crippen LogP contribution in [0.25, 0.3) is 6.08 Å². The number of amides is 1. The largest absolute Gasteiger partial charge is 0.489 e. The van der Waals surface area contributed by atoms with Crippen molar-refractivity contribution in [3.8, 4) is 5.75 Å². The summed E-state index contributed by atoms with van der Waals surface area (Å²) >= 11 is 5.96. The van der Waals surface area contributed by atoms with Crippen molar-refractivity contribution < 1.29 is 35.9 Å².